The van der Waals surface area contributed by atoms with Gasteiger partial charge >= 0.3 is 5.97 Å². The van der Waals surface area contributed by atoms with E-state index in [1.54, 1.807) is 0 Å². The number of hydrogen-bond donors (Lipinski definition) is 2. The van der Waals surface area contributed by atoms with E-state index in [0.29, 0.717) is 6.42 Å². The lowest BCUT2D eigenvalue weighted by molar-refractivity contribution is -0.146. The molecule has 0 aromatic rings. The first-order valence-electron chi connectivity index (χ1n) is 4.59. The average Bonchev–Trinajstić information content (AvgIpc) is 1.79. The summed E-state index contributed by atoms with van der Waals surface area (Å²) in [7, 11) is 0. The second-order valence-electron chi connectivity index (χ2n) is 5.22. The molecule has 0 spiro atoms. The zero-order valence-corrected chi connectivity index (χ0v) is 9.47. The van der Waals surface area contributed by atoms with Crippen molar-refractivity contribution >= 4 is 11.9 Å². The number of nitrogens with one attached hydrogen (secondary N) is 1. The Morgan fingerprint density at radius 1 is 1.14 bits per heavy atom. The predicted octanol–water partition coefficient (Wildman–Crippen LogP) is 1.40. The molecular weight excluding hydrogens is 182 g/mol. The normalized spacial score (nSPS) is 12.4. The van der Waals surface area contributed by atoms with Crippen molar-refractivity contribution in [1.29, 1.82) is 0 Å². The first-order valence-corrected chi connectivity index (χ1v) is 4.59. The lowest BCUT2D eigenvalue weighted by Crippen LogP contribution is -2.50. The Kier molecular flexibility index (Phi) is 3.68. The molecule has 0 fully saturated rings. The van der Waals surface area contributed by atoms with Crippen molar-refractivity contribution in [2.75, 3.05) is 0 Å². The summed E-state index contributed by atoms with van der Waals surface area (Å²) in [4.78, 5) is 22.1. The summed E-state index contributed by atoms with van der Waals surface area (Å²) in [6, 6.07) is 0. The van der Waals surface area contributed by atoms with Crippen LogP contribution in [0.25, 0.3) is 0 Å². The number of carboxylic acids is 1. The topological polar surface area (TPSA) is 66.4 Å². The SMILES string of the molecule is CC(C)(C)CC(=O)NC(C)(C)C(=O)O. The van der Waals surface area contributed by atoms with Crippen LogP contribution >= 0.6 is 0 Å². The molecule has 4 nitrogen and oxygen atoms in total. The summed E-state index contributed by atoms with van der Waals surface area (Å²) < 4.78 is 0. The van der Waals surface area contributed by atoms with E-state index in [9.17, 15) is 9.59 Å². The van der Waals surface area contributed by atoms with E-state index in [0.717, 1.165) is 0 Å². The third-order valence-electron chi connectivity index (χ3n) is 1.68. The number of carboxylic acid groups (broad SMARTS) is 1. The predicted molar refractivity (Wildman–Crippen MR) is 53.9 cm³/mol. The molecule has 0 aliphatic heterocycles. The summed E-state index contributed by atoms with van der Waals surface area (Å²) in [6.45, 7) is 8.73. The van der Waals surface area contributed by atoms with E-state index in [-0.39, 0.29) is 11.3 Å². The Hall–Kier alpha value is -1.06. The Morgan fingerprint density at radius 3 is 1.86 bits per heavy atom. The van der Waals surface area contributed by atoms with Crippen molar-refractivity contribution in [1.82, 2.24) is 5.32 Å². The van der Waals surface area contributed by atoms with Gasteiger partial charge in [0, 0.05) is 6.42 Å². The van der Waals surface area contributed by atoms with Gasteiger partial charge in [0.15, 0.2) is 0 Å². The van der Waals surface area contributed by atoms with Crippen LogP contribution in [0.5, 0.6) is 0 Å². The quantitative estimate of drug-likeness (QED) is 0.725. The van der Waals surface area contributed by atoms with E-state index < -0.39 is 11.5 Å². The smallest absolute Gasteiger partial charge is 0.328 e. The van der Waals surface area contributed by atoms with Gasteiger partial charge < -0.3 is 10.4 Å². The number of carbonyl (C=O) groups is 2. The van der Waals surface area contributed by atoms with Crippen LogP contribution in [-0.2, 0) is 9.59 Å². The Labute approximate surface area is 84.7 Å². The minimum atomic E-state index is -1.19. The molecule has 0 heterocycles. The maximum absolute atomic E-state index is 11.4. The summed E-state index contributed by atoms with van der Waals surface area (Å²) in [5.74, 6) is -1.26. The van der Waals surface area contributed by atoms with E-state index in [1.807, 2.05) is 20.8 Å². The molecule has 0 aromatic heterocycles. The van der Waals surface area contributed by atoms with Gasteiger partial charge in [-0.25, -0.2) is 4.79 Å². The van der Waals surface area contributed by atoms with Gasteiger partial charge in [0.1, 0.15) is 5.54 Å². The van der Waals surface area contributed by atoms with Crippen molar-refractivity contribution in [3.63, 3.8) is 0 Å². The van der Waals surface area contributed by atoms with Gasteiger partial charge in [-0.2, -0.15) is 0 Å². The number of amides is 1. The van der Waals surface area contributed by atoms with Crippen molar-refractivity contribution in [3.8, 4) is 0 Å². The molecule has 4 heteroatoms. The fourth-order valence-electron chi connectivity index (χ4n) is 0.928. The van der Waals surface area contributed by atoms with E-state index in [4.69, 9.17) is 5.11 Å². The highest BCUT2D eigenvalue weighted by molar-refractivity contribution is 5.86. The standard InChI is InChI=1S/C10H19NO3/c1-9(2,3)6-7(12)11-10(4,5)8(13)14/h6H2,1-5H3,(H,11,12)(H,13,14). The minimum Gasteiger partial charge on any atom is -0.480 e. The number of rotatable bonds is 3. The van der Waals surface area contributed by atoms with E-state index in [1.165, 1.54) is 13.8 Å². The monoisotopic (exact) mass is 201 g/mol. The summed E-state index contributed by atoms with van der Waals surface area (Å²) >= 11 is 0. The Bertz CT molecular complexity index is 238. The highest BCUT2D eigenvalue weighted by Crippen LogP contribution is 2.18. The summed E-state index contributed by atoms with van der Waals surface area (Å²) in [6.07, 6.45) is 0.323. The maximum atomic E-state index is 11.4. The van der Waals surface area contributed by atoms with Crippen LogP contribution in [0.4, 0.5) is 0 Å². The lowest BCUT2D eigenvalue weighted by Gasteiger charge is -2.24. The molecule has 0 unspecified atom stereocenters. The second kappa shape index (κ2) is 3.98. The third-order valence-corrected chi connectivity index (χ3v) is 1.68. The minimum absolute atomic E-state index is 0.126. The molecule has 14 heavy (non-hydrogen) atoms. The lowest BCUT2D eigenvalue weighted by atomic mass is 9.91. The van der Waals surface area contributed by atoms with Crippen LogP contribution in [0.3, 0.4) is 0 Å². The molecule has 0 aliphatic carbocycles. The number of aliphatic carboxylic acids is 1. The largest absolute Gasteiger partial charge is 0.480 e. The van der Waals surface area contributed by atoms with Gasteiger partial charge in [0.2, 0.25) is 5.91 Å². The number of hydrogen-bond acceptors (Lipinski definition) is 2. The Balaban J connectivity index is 4.27. The van der Waals surface area contributed by atoms with Gasteiger partial charge in [-0.15, -0.1) is 0 Å². The Morgan fingerprint density at radius 2 is 1.57 bits per heavy atom. The molecule has 0 aromatic carbocycles. The third kappa shape index (κ3) is 4.84. The first kappa shape index (κ1) is 12.9. The van der Waals surface area contributed by atoms with Gasteiger partial charge in [-0.1, -0.05) is 20.8 Å². The number of carbonyl (C=O) groups excluding carboxylic acids is 1. The average molecular weight is 201 g/mol. The zero-order valence-electron chi connectivity index (χ0n) is 9.47. The van der Waals surface area contributed by atoms with E-state index >= 15 is 0 Å². The molecule has 0 radical (unpaired) electrons. The molecule has 0 rings (SSSR count). The van der Waals surface area contributed by atoms with Gasteiger partial charge in [0.05, 0.1) is 0 Å². The van der Waals surface area contributed by atoms with Crippen molar-refractivity contribution in [3.05, 3.63) is 0 Å². The molecule has 0 bridgehead atoms. The molecule has 82 valence electrons. The van der Waals surface area contributed by atoms with Crippen LogP contribution in [0.2, 0.25) is 0 Å². The van der Waals surface area contributed by atoms with Crippen LogP contribution in [0.15, 0.2) is 0 Å². The molecule has 2 N–H and O–H groups in total. The maximum Gasteiger partial charge on any atom is 0.328 e. The molecule has 0 aliphatic rings. The van der Waals surface area contributed by atoms with Gasteiger partial charge in [-0.3, -0.25) is 4.79 Å². The fourth-order valence-corrected chi connectivity index (χ4v) is 0.928. The van der Waals surface area contributed by atoms with Crippen LogP contribution < -0.4 is 5.32 Å². The summed E-state index contributed by atoms with van der Waals surface area (Å²) in [5.41, 5.74) is -1.32. The molecule has 0 atom stereocenters. The van der Waals surface area contributed by atoms with Crippen molar-refractivity contribution in [2.45, 2.75) is 46.6 Å². The first-order chi connectivity index (χ1) is 6.04. The second-order valence-corrected chi connectivity index (χ2v) is 5.22. The van der Waals surface area contributed by atoms with Crippen LogP contribution in [0.1, 0.15) is 41.0 Å². The van der Waals surface area contributed by atoms with Gasteiger partial charge in [-0.05, 0) is 19.3 Å². The molecule has 0 saturated heterocycles. The zero-order chi connectivity index (χ0) is 11.6. The molecular formula is C10H19NO3. The fraction of sp³-hybridized carbons (Fsp3) is 0.800. The summed E-state index contributed by atoms with van der Waals surface area (Å²) in [5, 5.41) is 11.2. The molecule has 0 saturated carbocycles. The van der Waals surface area contributed by atoms with Crippen molar-refractivity contribution < 1.29 is 14.7 Å². The molecule has 1 amide bonds. The highest BCUT2D eigenvalue weighted by atomic mass is 16.4. The van der Waals surface area contributed by atoms with Crippen LogP contribution in [-0.4, -0.2) is 22.5 Å². The highest BCUT2D eigenvalue weighted by Gasteiger charge is 2.30. The van der Waals surface area contributed by atoms with Crippen molar-refractivity contribution in [2.24, 2.45) is 5.41 Å². The van der Waals surface area contributed by atoms with E-state index in [2.05, 4.69) is 5.32 Å². The van der Waals surface area contributed by atoms with Gasteiger partial charge in [0.25, 0.3) is 0 Å². The van der Waals surface area contributed by atoms with Crippen LogP contribution in [0, 0.1) is 5.41 Å².